The highest BCUT2D eigenvalue weighted by molar-refractivity contribution is 6.24. The van der Waals surface area contributed by atoms with Crippen molar-refractivity contribution in [3.8, 4) is 17.6 Å². The third kappa shape index (κ3) is 3.97. The van der Waals surface area contributed by atoms with E-state index in [-0.39, 0.29) is 29.7 Å². The molecule has 1 aromatic carbocycles. The zero-order chi connectivity index (χ0) is 29.1. The molecule has 40 heavy (non-hydrogen) atoms. The quantitative estimate of drug-likeness (QED) is 0.285. The molecule has 1 saturated carbocycles. The van der Waals surface area contributed by atoms with Gasteiger partial charge in [0.1, 0.15) is 22.8 Å². The minimum Gasteiger partial charge on any atom is -0.508 e. The average molecular weight is 547 g/mol. The number of amides is 1. The van der Waals surface area contributed by atoms with E-state index in [0.29, 0.717) is 17.5 Å². The van der Waals surface area contributed by atoms with Gasteiger partial charge in [0.2, 0.25) is 5.78 Å². The second-order valence-electron chi connectivity index (χ2n) is 11.3. The molecule has 1 amide bonds. The summed E-state index contributed by atoms with van der Waals surface area (Å²) in [5.74, 6) is -0.436. The van der Waals surface area contributed by atoms with Crippen molar-refractivity contribution in [2.75, 3.05) is 14.1 Å². The lowest BCUT2D eigenvalue weighted by Gasteiger charge is -2.50. The maximum atomic E-state index is 14.0. The van der Waals surface area contributed by atoms with Crippen molar-refractivity contribution in [3.05, 3.63) is 56.9 Å². The number of carbonyl (C=O) groups is 3. The van der Waals surface area contributed by atoms with Crippen LogP contribution in [0.3, 0.4) is 0 Å². The summed E-state index contributed by atoms with van der Waals surface area (Å²) in [6.45, 7) is 1.95. The number of carbonyl (C=O) groups excluding carboxylic acids is 3. The van der Waals surface area contributed by atoms with E-state index in [1.54, 1.807) is 14.1 Å². The molecule has 1 fully saturated rings. The van der Waals surface area contributed by atoms with Crippen LogP contribution in [-0.4, -0.2) is 68.5 Å². The minimum absolute atomic E-state index is 0.0609. The number of likely N-dealkylation sites (N-methyl/N-ethyl adjacent to an activating group) is 1. The van der Waals surface area contributed by atoms with Crippen molar-refractivity contribution in [1.82, 2.24) is 4.90 Å². The molecular formula is C31H34N2O7. The SMILES string of the molecule is CCc1cc(C#CC2=CCCCC2)c(O)c2c1C[C@H]1C[C@H]3C(N(C)C)C(=O)C(C(N)=O)=C(O)[C@@]3(O)C(=O)C1=C2O. The van der Waals surface area contributed by atoms with Gasteiger partial charge in [-0.05, 0) is 87.7 Å². The van der Waals surface area contributed by atoms with E-state index in [9.17, 15) is 34.8 Å². The lowest BCUT2D eigenvalue weighted by Crippen LogP contribution is -2.65. The Labute approximate surface area is 232 Å². The first-order chi connectivity index (χ1) is 18.9. The zero-order valence-corrected chi connectivity index (χ0v) is 22.9. The third-order valence-corrected chi connectivity index (χ3v) is 8.84. The third-order valence-electron chi connectivity index (χ3n) is 8.84. The number of primary amides is 1. The van der Waals surface area contributed by atoms with Crippen LogP contribution in [0.1, 0.15) is 61.3 Å². The van der Waals surface area contributed by atoms with Crippen LogP contribution in [0.15, 0.2) is 34.6 Å². The number of hydrogen-bond acceptors (Lipinski definition) is 8. The number of aryl methyl sites for hydroxylation is 1. The normalized spacial score (nSPS) is 27.9. The maximum absolute atomic E-state index is 14.0. The summed E-state index contributed by atoms with van der Waals surface area (Å²) < 4.78 is 0. The van der Waals surface area contributed by atoms with Gasteiger partial charge in [0.15, 0.2) is 11.4 Å². The summed E-state index contributed by atoms with van der Waals surface area (Å²) in [7, 11) is 3.15. The highest BCUT2D eigenvalue weighted by Gasteiger charge is 2.64. The first kappa shape index (κ1) is 27.7. The van der Waals surface area contributed by atoms with E-state index in [1.807, 2.05) is 13.0 Å². The van der Waals surface area contributed by atoms with Gasteiger partial charge in [0, 0.05) is 11.5 Å². The van der Waals surface area contributed by atoms with E-state index < -0.39 is 58.0 Å². The molecule has 0 spiro atoms. The van der Waals surface area contributed by atoms with Gasteiger partial charge < -0.3 is 26.2 Å². The monoisotopic (exact) mass is 546 g/mol. The van der Waals surface area contributed by atoms with Gasteiger partial charge >= 0.3 is 0 Å². The molecule has 0 heterocycles. The van der Waals surface area contributed by atoms with Gasteiger partial charge in [0.25, 0.3) is 5.91 Å². The summed E-state index contributed by atoms with van der Waals surface area (Å²) in [6.07, 6.45) is 7.00. The molecule has 0 aromatic heterocycles. The first-order valence-electron chi connectivity index (χ1n) is 13.7. The van der Waals surface area contributed by atoms with Crippen molar-refractivity contribution < 1.29 is 34.8 Å². The van der Waals surface area contributed by atoms with Crippen LogP contribution in [0, 0.1) is 23.7 Å². The number of aromatic hydroxyl groups is 1. The number of benzene rings is 1. The van der Waals surface area contributed by atoms with Crippen LogP contribution in [0.2, 0.25) is 0 Å². The number of ketones is 2. The molecule has 9 heteroatoms. The van der Waals surface area contributed by atoms with Crippen molar-refractivity contribution in [2.45, 2.75) is 63.5 Å². The highest BCUT2D eigenvalue weighted by Crippen LogP contribution is 2.53. The predicted molar refractivity (Wildman–Crippen MR) is 147 cm³/mol. The number of hydrogen-bond donors (Lipinski definition) is 5. The number of nitrogens with zero attached hydrogens (tertiary/aromatic N) is 1. The Morgan fingerprint density at radius 2 is 1.90 bits per heavy atom. The Morgan fingerprint density at radius 3 is 2.50 bits per heavy atom. The molecule has 0 bridgehead atoms. The summed E-state index contributed by atoms with van der Waals surface area (Å²) in [5.41, 5.74) is 4.67. The van der Waals surface area contributed by atoms with Gasteiger partial charge in [-0.2, -0.15) is 0 Å². The zero-order valence-electron chi connectivity index (χ0n) is 22.9. The second-order valence-corrected chi connectivity index (χ2v) is 11.3. The summed E-state index contributed by atoms with van der Waals surface area (Å²) in [4.78, 5) is 40.8. The number of Topliss-reactive ketones (excluding diaryl/α,β-unsaturated/α-hetero) is 2. The largest absolute Gasteiger partial charge is 0.508 e. The van der Waals surface area contributed by atoms with Gasteiger partial charge in [-0.25, -0.2) is 0 Å². The predicted octanol–water partition coefficient (Wildman–Crippen LogP) is 2.38. The van der Waals surface area contributed by atoms with Crippen LogP contribution >= 0.6 is 0 Å². The molecule has 4 atom stereocenters. The van der Waals surface area contributed by atoms with Crippen molar-refractivity contribution in [2.24, 2.45) is 17.6 Å². The Bertz CT molecular complexity index is 1500. The highest BCUT2D eigenvalue weighted by atomic mass is 16.3. The fraction of sp³-hybridized carbons (Fsp3) is 0.452. The van der Waals surface area contributed by atoms with E-state index in [0.717, 1.165) is 36.8 Å². The van der Waals surface area contributed by atoms with Gasteiger partial charge in [0.05, 0.1) is 17.2 Å². The first-order valence-corrected chi connectivity index (χ1v) is 13.7. The van der Waals surface area contributed by atoms with Crippen LogP contribution in [0.5, 0.6) is 5.75 Å². The number of fused-ring (bicyclic) bond motifs is 3. The smallest absolute Gasteiger partial charge is 0.255 e. The van der Waals surface area contributed by atoms with Crippen LogP contribution in [-0.2, 0) is 27.2 Å². The van der Waals surface area contributed by atoms with E-state index in [4.69, 9.17) is 5.73 Å². The van der Waals surface area contributed by atoms with Crippen molar-refractivity contribution in [3.63, 3.8) is 0 Å². The lowest BCUT2D eigenvalue weighted by molar-refractivity contribution is -0.153. The van der Waals surface area contributed by atoms with Crippen molar-refractivity contribution >= 4 is 23.2 Å². The summed E-state index contributed by atoms with van der Waals surface area (Å²) in [5, 5.41) is 45.5. The molecule has 5 rings (SSSR count). The Balaban J connectivity index is 1.69. The minimum atomic E-state index is -2.65. The second kappa shape index (κ2) is 9.95. The number of phenolic OH excluding ortho intramolecular Hbond substituents is 1. The molecule has 1 aromatic rings. The fourth-order valence-electron chi connectivity index (χ4n) is 6.90. The lowest BCUT2D eigenvalue weighted by atomic mass is 9.57. The molecule has 0 radical (unpaired) electrons. The number of aliphatic hydroxyl groups is 3. The number of allylic oxidation sites excluding steroid dienone is 2. The maximum Gasteiger partial charge on any atom is 0.255 e. The van der Waals surface area contributed by atoms with E-state index >= 15 is 0 Å². The Morgan fingerprint density at radius 1 is 1.18 bits per heavy atom. The van der Waals surface area contributed by atoms with E-state index in [1.165, 1.54) is 4.90 Å². The number of nitrogens with two attached hydrogens (primary N) is 1. The van der Waals surface area contributed by atoms with Crippen LogP contribution in [0.25, 0.3) is 5.76 Å². The Hall–Kier alpha value is -3.87. The van der Waals surface area contributed by atoms with Gasteiger partial charge in [-0.15, -0.1) is 0 Å². The van der Waals surface area contributed by atoms with Gasteiger partial charge in [-0.1, -0.05) is 24.8 Å². The number of aliphatic hydroxyl groups excluding tert-OH is 2. The molecule has 0 aliphatic heterocycles. The van der Waals surface area contributed by atoms with Crippen molar-refractivity contribution in [1.29, 1.82) is 0 Å². The fourth-order valence-corrected chi connectivity index (χ4v) is 6.90. The Kier molecular flexibility index (Phi) is 6.89. The number of phenols is 1. The van der Waals surface area contributed by atoms with Crippen LogP contribution < -0.4 is 5.73 Å². The van der Waals surface area contributed by atoms with Crippen LogP contribution in [0.4, 0.5) is 0 Å². The molecule has 0 saturated heterocycles. The standard InChI is InChI=1S/C31H34N2O7/c1-4-16-12-17(11-10-15-8-6-5-7-9-15)25(34)22-19(16)13-18-14-20-24(33(2)3)27(36)23(30(32)39)29(38)31(20,40)28(37)21(18)26(22)35/h8,12,18,20,24,34-35,38,40H,4-7,9,13-14H2,1-3H3,(H2,32,39)/t18-,20-,24?,31-/m0/s1. The molecule has 6 N–H and O–H groups in total. The van der Waals surface area contributed by atoms with Gasteiger partial charge in [-0.3, -0.25) is 19.3 Å². The molecular weight excluding hydrogens is 512 g/mol. The molecule has 1 unspecified atom stereocenters. The topological polar surface area (TPSA) is 161 Å². The molecule has 4 aliphatic rings. The molecule has 210 valence electrons. The summed E-state index contributed by atoms with van der Waals surface area (Å²) >= 11 is 0. The molecule has 9 nitrogen and oxygen atoms in total. The number of rotatable bonds is 3. The van der Waals surface area contributed by atoms with E-state index in [2.05, 4.69) is 17.9 Å². The molecule has 4 aliphatic carbocycles. The average Bonchev–Trinajstić information content (AvgIpc) is 2.90. The summed E-state index contributed by atoms with van der Waals surface area (Å²) in [6, 6.07) is 0.702.